The first-order valence-corrected chi connectivity index (χ1v) is 8.45. The summed E-state index contributed by atoms with van der Waals surface area (Å²) >= 11 is 0. The average molecular weight is 396 g/mol. The average Bonchev–Trinajstić information content (AvgIpc) is 2.65. The van der Waals surface area contributed by atoms with E-state index in [0.717, 1.165) is 30.2 Å². The van der Waals surface area contributed by atoms with Crippen LogP contribution in [0.15, 0.2) is 48.5 Å². The fourth-order valence-electron chi connectivity index (χ4n) is 2.57. The number of benzene rings is 2. The smallest absolute Gasteiger partial charge is 0.422 e. The summed E-state index contributed by atoms with van der Waals surface area (Å²) in [5.41, 5.74) is 0.294. The van der Waals surface area contributed by atoms with E-state index in [1.54, 1.807) is 0 Å². The molecule has 150 valence electrons. The van der Waals surface area contributed by atoms with Crippen molar-refractivity contribution in [3.8, 4) is 5.75 Å². The van der Waals surface area contributed by atoms with Gasteiger partial charge in [-0.3, -0.25) is 14.9 Å². The van der Waals surface area contributed by atoms with Crippen LogP contribution in [0.5, 0.6) is 5.75 Å². The van der Waals surface area contributed by atoms with E-state index in [0.29, 0.717) is 13.0 Å². The Bertz CT molecular complexity index is 826. The molecule has 0 N–H and O–H groups in total. The normalized spacial score (nSPS) is 11.1. The number of halogens is 3. The van der Waals surface area contributed by atoms with Crippen molar-refractivity contribution in [3.63, 3.8) is 0 Å². The maximum absolute atomic E-state index is 12.6. The van der Waals surface area contributed by atoms with Crippen molar-refractivity contribution in [1.29, 1.82) is 0 Å². The highest BCUT2D eigenvalue weighted by molar-refractivity contribution is 5.98. The first-order chi connectivity index (χ1) is 13.2. The van der Waals surface area contributed by atoms with Gasteiger partial charge in [0.05, 0.1) is 4.92 Å². The summed E-state index contributed by atoms with van der Waals surface area (Å²) in [5, 5.41) is 11.2. The van der Waals surface area contributed by atoms with E-state index in [9.17, 15) is 28.1 Å². The van der Waals surface area contributed by atoms with E-state index in [4.69, 9.17) is 0 Å². The molecule has 0 fully saturated rings. The highest BCUT2D eigenvalue weighted by Gasteiger charge is 2.29. The van der Waals surface area contributed by atoms with Crippen LogP contribution in [-0.2, 0) is 6.42 Å². The van der Waals surface area contributed by atoms with Crippen LogP contribution in [0.4, 0.5) is 18.9 Å². The first-order valence-electron chi connectivity index (χ1n) is 8.45. The SMILES string of the molecule is CN(CCCc1ccccc1)C(=O)c1cc(OCC(F)(F)F)ccc1[N+](=O)[O-]. The second-order valence-corrected chi connectivity index (χ2v) is 6.16. The van der Waals surface area contributed by atoms with Crippen molar-refractivity contribution in [2.24, 2.45) is 0 Å². The molecule has 0 bridgehead atoms. The lowest BCUT2D eigenvalue weighted by molar-refractivity contribution is -0.385. The molecule has 0 heterocycles. The Morgan fingerprint density at radius 3 is 2.46 bits per heavy atom. The van der Waals surface area contributed by atoms with E-state index >= 15 is 0 Å². The lowest BCUT2D eigenvalue weighted by Gasteiger charge is -2.18. The van der Waals surface area contributed by atoms with Crippen LogP contribution in [-0.4, -0.2) is 42.1 Å². The number of aryl methyl sites for hydroxylation is 1. The van der Waals surface area contributed by atoms with Gasteiger partial charge in [0.15, 0.2) is 6.61 Å². The molecule has 0 aliphatic carbocycles. The number of nitro benzene ring substituents is 1. The maximum atomic E-state index is 12.6. The zero-order valence-electron chi connectivity index (χ0n) is 15.1. The van der Waals surface area contributed by atoms with Crippen molar-refractivity contribution >= 4 is 11.6 Å². The lowest BCUT2D eigenvalue weighted by Crippen LogP contribution is -2.28. The third-order valence-electron chi connectivity index (χ3n) is 3.95. The molecule has 1 amide bonds. The molecule has 28 heavy (non-hydrogen) atoms. The standard InChI is InChI=1S/C19H19F3N2O4/c1-23(11-5-8-14-6-3-2-4-7-14)18(25)16-12-15(28-13-19(20,21)22)9-10-17(16)24(26)27/h2-4,6-7,9-10,12H,5,8,11,13H2,1H3. The topological polar surface area (TPSA) is 72.7 Å². The molecule has 2 rings (SSSR count). The third kappa shape index (κ3) is 6.26. The van der Waals surface area contributed by atoms with Gasteiger partial charge in [-0.1, -0.05) is 30.3 Å². The van der Waals surface area contributed by atoms with Crippen molar-refractivity contribution in [2.75, 3.05) is 20.2 Å². The van der Waals surface area contributed by atoms with Gasteiger partial charge in [0.2, 0.25) is 0 Å². The number of alkyl halides is 3. The first kappa shape index (κ1) is 21.2. The molecule has 0 aliphatic rings. The number of carbonyl (C=O) groups is 1. The van der Waals surface area contributed by atoms with Crippen LogP contribution >= 0.6 is 0 Å². The van der Waals surface area contributed by atoms with Gasteiger partial charge in [-0.05, 0) is 30.5 Å². The summed E-state index contributed by atoms with van der Waals surface area (Å²) in [6.07, 6.45) is -3.21. The molecule has 0 saturated carbocycles. The summed E-state index contributed by atoms with van der Waals surface area (Å²) in [5.74, 6) is -0.916. The van der Waals surface area contributed by atoms with Crippen LogP contribution in [0.2, 0.25) is 0 Å². The zero-order chi connectivity index (χ0) is 20.7. The molecule has 9 heteroatoms. The molecule has 0 unspecified atom stereocenters. The Hall–Kier alpha value is -3.10. The minimum Gasteiger partial charge on any atom is -0.484 e. The molecule has 0 spiro atoms. The van der Waals surface area contributed by atoms with E-state index in [2.05, 4.69) is 4.74 Å². The van der Waals surface area contributed by atoms with E-state index in [1.165, 1.54) is 11.9 Å². The Balaban J connectivity index is 2.08. The van der Waals surface area contributed by atoms with E-state index in [-0.39, 0.29) is 11.3 Å². The minimum absolute atomic E-state index is 0.260. The van der Waals surface area contributed by atoms with Crippen molar-refractivity contribution in [2.45, 2.75) is 19.0 Å². The summed E-state index contributed by atoms with van der Waals surface area (Å²) in [6.45, 7) is -1.22. The number of rotatable bonds is 8. The molecular formula is C19H19F3N2O4. The van der Waals surface area contributed by atoms with E-state index < -0.39 is 29.3 Å². The number of nitrogens with zero attached hydrogens (tertiary/aromatic N) is 2. The maximum Gasteiger partial charge on any atom is 0.422 e. The van der Waals surface area contributed by atoms with Crippen LogP contribution < -0.4 is 4.74 Å². The van der Waals surface area contributed by atoms with Crippen molar-refractivity contribution < 1.29 is 27.6 Å². The number of ether oxygens (including phenoxy) is 1. The number of carbonyl (C=O) groups excluding carboxylic acids is 1. The number of hydrogen-bond donors (Lipinski definition) is 0. The second-order valence-electron chi connectivity index (χ2n) is 6.16. The molecule has 0 aliphatic heterocycles. The fraction of sp³-hybridized carbons (Fsp3) is 0.316. The Labute approximate surface area is 159 Å². The highest BCUT2D eigenvalue weighted by atomic mass is 19.4. The zero-order valence-corrected chi connectivity index (χ0v) is 15.1. The predicted octanol–water partition coefficient (Wildman–Crippen LogP) is 4.24. The van der Waals surface area contributed by atoms with Gasteiger partial charge in [-0.2, -0.15) is 13.2 Å². The molecule has 0 saturated heterocycles. The molecule has 2 aromatic rings. The summed E-state index contributed by atoms with van der Waals surface area (Å²) in [7, 11) is 1.49. The summed E-state index contributed by atoms with van der Waals surface area (Å²) < 4.78 is 41.5. The van der Waals surface area contributed by atoms with Gasteiger partial charge in [0.25, 0.3) is 11.6 Å². The quantitative estimate of drug-likeness (QED) is 0.494. The molecular weight excluding hydrogens is 377 g/mol. The van der Waals surface area contributed by atoms with Gasteiger partial charge < -0.3 is 9.64 Å². The van der Waals surface area contributed by atoms with Crippen LogP contribution in [0, 0.1) is 10.1 Å². The molecule has 6 nitrogen and oxygen atoms in total. The van der Waals surface area contributed by atoms with Crippen LogP contribution in [0.3, 0.4) is 0 Å². The summed E-state index contributed by atoms with van der Waals surface area (Å²) in [4.78, 5) is 24.4. The van der Waals surface area contributed by atoms with Gasteiger partial charge in [0.1, 0.15) is 11.3 Å². The lowest BCUT2D eigenvalue weighted by atomic mass is 10.1. The summed E-state index contributed by atoms with van der Waals surface area (Å²) in [6, 6.07) is 12.6. The number of amides is 1. The Morgan fingerprint density at radius 2 is 1.86 bits per heavy atom. The monoisotopic (exact) mass is 396 g/mol. The Morgan fingerprint density at radius 1 is 1.18 bits per heavy atom. The molecule has 0 atom stereocenters. The van der Waals surface area contributed by atoms with Gasteiger partial charge in [-0.15, -0.1) is 0 Å². The van der Waals surface area contributed by atoms with Crippen LogP contribution in [0.25, 0.3) is 0 Å². The minimum atomic E-state index is -4.56. The fourth-order valence-corrected chi connectivity index (χ4v) is 2.57. The highest BCUT2D eigenvalue weighted by Crippen LogP contribution is 2.27. The molecule has 0 aromatic heterocycles. The van der Waals surface area contributed by atoms with Crippen molar-refractivity contribution in [1.82, 2.24) is 4.90 Å². The predicted molar refractivity (Wildman–Crippen MR) is 96.4 cm³/mol. The van der Waals surface area contributed by atoms with Gasteiger partial charge in [-0.25, -0.2) is 0 Å². The molecule has 2 aromatic carbocycles. The van der Waals surface area contributed by atoms with Gasteiger partial charge in [0, 0.05) is 19.7 Å². The largest absolute Gasteiger partial charge is 0.484 e. The number of hydrogen-bond acceptors (Lipinski definition) is 4. The van der Waals surface area contributed by atoms with Crippen molar-refractivity contribution in [3.05, 3.63) is 69.8 Å². The van der Waals surface area contributed by atoms with E-state index in [1.807, 2.05) is 30.3 Å². The number of nitro groups is 1. The second kappa shape index (κ2) is 9.20. The third-order valence-corrected chi connectivity index (χ3v) is 3.95. The molecule has 0 radical (unpaired) electrons. The Kier molecular flexibility index (Phi) is 6.97. The van der Waals surface area contributed by atoms with Gasteiger partial charge >= 0.3 is 6.18 Å². The van der Waals surface area contributed by atoms with Crippen LogP contribution in [0.1, 0.15) is 22.3 Å².